The van der Waals surface area contributed by atoms with Crippen LogP contribution in [0.25, 0.3) is 11.0 Å². The number of nitrogens with zero attached hydrogens (tertiary/aromatic N) is 5. The van der Waals surface area contributed by atoms with Crippen LogP contribution in [0.5, 0.6) is 0 Å². The Morgan fingerprint density at radius 2 is 2.09 bits per heavy atom. The summed E-state index contributed by atoms with van der Waals surface area (Å²) >= 11 is 6.12. The number of carbonyl (C=O) groups excluding carboxylic acids is 1. The molecule has 4 N–H and O–H groups in total. The quantitative estimate of drug-likeness (QED) is 0.385. The zero-order chi connectivity index (χ0) is 23.9. The van der Waals surface area contributed by atoms with Gasteiger partial charge in [0.2, 0.25) is 0 Å². The van der Waals surface area contributed by atoms with Gasteiger partial charge < -0.3 is 20.9 Å². The second-order valence-electron chi connectivity index (χ2n) is 8.24. The molecule has 1 aliphatic heterocycles. The third-order valence-corrected chi connectivity index (χ3v) is 5.99. The predicted molar refractivity (Wildman–Crippen MR) is 124 cm³/mol. The molecule has 0 atom stereocenters. The van der Waals surface area contributed by atoms with Gasteiger partial charge in [0.05, 0.1) is 18.1 Å². The molecule has 34 heavy (non-hydrogen) atoms. The number of hydrogen-bond donors (Lipinski definition) is 3. The van der Waals surface area contributed by atoms with Crippen LogP contribution >= 0.6 is 11.6 Å². The Morgan fingerprint density at radius 1 is 1.26 bits per heavy atom. The van der Waals surface area contributed by atoms with Crippen molar-refractivity contribution in [3.63, 3.8) is 0 Å². The van der Waals surface area contributed by atoms with Gasteiger partial charge in [0.1, 0.15) is 17.0 Å². The lowest BCUT2D eigenvalue weighted by Crippen LogP contribution is -2.25. The van der Waals surface area contributed by atoms with Crippen LogP contribution in [0.3, 0.4) is 0 Å². The number of rotatable bonds is 6. The highest BCUT2D eigenvalue weighted by molar-refractivity contribution is 6.35. The molecule has 0 aromatic carbocycles. The van der Waals surface area contributed by atoms with Crippen LogP contribution in [0.4, 0.5) is 20.4 Å². The van der Waals surface area contributed by atoms with Crippen molar-refractivity contribution < 1.29 is 13.6 Å². The van der Waals surface area contributed by atoms with E-state index in [-0.39, 0.29) is 43.3 Å². The van der Waals surface area contributed by atoms with E-state index in [1.807, 2.05) is 6.07 Å². The summed E-state index contributed by atoms with van der Waals surface area (Å²) in [6.07, 6.45) is 6.31. The highest BCUT2D eigenvalue weighted by Gasteiger charge is 2.38. The fourth-order valence-corrected chi connectivity index (χ4v) is 4.10. The molecule has 0 saturated carbocycles. The molecule has 5 rings (SSSR count). The Morgan fingerprint density at radius 3 is 2.82 bits per heavy atom. The molecule has 1 saturated heterocycles. The molecule has 1 aliphatic rings. The van der Waals surface area contributed by atoms with Gasteiger partial charge in [-0.15, -0.1) is 0 Å². The summed E-state index contributed by atoms with van der Waals surface area (Å²) in [6, 6.07) is 5.36. The van der Waals surface area contributed by atoms with E-state index in [2.05, 4.69) is 25.4 Å². The summed E-state index contributed by atoms with van der Waals surface area (Å²) in [5.74, 6) is -2.44. The van der Waals surface area contributed by atoms with E-state index < -0.39 is 5.92 Å². The van der Waals surface area contributed by atoms with Crippen molar-refractivity contribution in [1.29, 1.82) is 0 Å². The predicted octanol–water partition coefficient (Wildman–Crippen LogP) is 3.21. The number of halogens is 3. The molecule has 0 aliphatic carbocycles. The number of aromatic nitrogens is 5. The number of anilines is 2. The van der Waals surface area contributed by atoms with Gasteiger partial charge in [0.15, 0.2) is 5.82 Å². The lowest BCUT2D eigenvalue weighted by atomic mass is 10.2. The zero-order valence-corrected chi connectivity index (χ0v) is 18.7. The molecule has 1 amide bonds. The summed E-state index contributed by atoms with van der Waals surface area (Å²) < 4.78 is 28.4. The second kappa shape index (κ2) is 8.56. The smallest absolute Gasteiger partial charge is 0.266 e. The van der Waals surface area contributed by atoms with Gasteiger partial charge in [-0.05, 0) is 23.3 Å². The van der Waals surface area contributed by atoms with E-state index in [0.29, 0.717) is 23.0 Å². The Bertz CT molecular complexity index is 1350. The van der Waals surface area contributed by atoms with Gasteiger partial charge in [-0.3, -0.25) is 9.48 Å². The van der Waals surface area contributed by atoms with E-state index >= 15 is 0 Å². The summed E-state index contributed by atoms with van der Waals surface area (Å²) in [7, 11) is 0. The van der Waals surface area contributed by atoms with E-state index in [9.17, 15) is 13.6 Å². The third kappa shape index (κ3) is 4.51. The average molecular weight is 487 g/mol. The highest BCUT2D eigenvalue weighted by atomic mass is 35.5. The standard InChI is InChI=1S/C22H21ClF2N8O/c23-17-9-29-20-15(17)5-14(7-28-20)8-30-21(34)16-11-33(31-19(16)26)10-13-1-2-18(27-6-13)32-4-3-22(24,25)12-32/h1-2,5-7,9,11H,3-4,8,10,12H2,(H2,26,31)(H,28,29)(H,30,34). The zero-order valence-electron chi connectivity index (χ0n) is 17.9. The first-order chi connectivity index (χ1) is 16.3. The summed E-state index contributed by atoms with van der Waals surface area (Å²) in [6.45, 7) is 0.521. The normalized spacial score (nSPS) is 15.2. The van der Waals surface area contributed by atoms with Crippen molar-refractivity contribution in [2.75, 3.05) is 23.7 Å². The van der Waals surface area contributed by atoms with Crippen molar-refractivity contribution in [3.8, 4) is 0 Å². The molecule has 4 aromatic heterocycles. The molecule has 176 valence electrons. The van der Waals surface area contributed by atoms with E-state index in [1.165, 1.54) is 4.68 Å². The minimum Gasteiger partial charge on any atom is -0.382 e. The van der Waals surface area contributed by atoms with Gasteiger partial charge >= 0.3 is 0 Å². The number of fused-ring (bicyclic) bond motifs is 1. The number of alkyl halides is 2. The van der Waals surface area contributed by atoms with Crippen LogP contribution in [0.15, 0.2) is 43.0 Å². The molecule has 0 unspecified atom stereocenters. The number of carbonyl (C=O) groups is 1. The minimum atomic E-state index is -2.68. The van der Waals surface area contributed by atoms with E-state index in [1.54, 1.807) is 41.8 Å². The van der Waals surface area contributed by atoms with Crippen molar-refractivity contribution in [2.24, 2.45) is 0 Å². The summed E-state index contributed by atoms with van der Waals surface area (Å²) in [5.41, 5.74) is 8.46. The van der Waals surface area contributed by atoms with Gasteiger partial charge in [0, 0.05) is 49.7 Å². The Labute approximate surface area is 197 Å². The number of hydrogen-bond acceptors (Lipinski definition) is 6. The molecule has 0 spiro atoms. The van der Waals surface area contributed by atoms with Crippen molar-refractivity contribution in [2.45, 2.75) is 25.4 Å². The lowest BCUT2D eigenvalue weighted by molar-refractivity contribution is 0.0256. The number of H-pyrrole nitrogens is 1. The van der Waals surface area contributed by atoms with Gasteiger partial charge in [0.25, 0.3) is 11.8 Å². The maximum absolute atomic E-state index is 13.4. The maximum Gasteiger partial charge on any atom is 0.266 e. The van der Waals surface area contributed by atoms with Crippen LogP contribution in [-0.4, -0.2) is 49.7 Å². The molecule has 0 radical (unpaired) electrons. The van der Waals surface area contributed by atoms with Crippen molar-refractivity contribution in [1.82, 2.24) is 30.0 Å². The largest absolute Gasteiger partial charge is 0.382 e. The number of nitrogen functional groups attached to an aromatic ring is 1. The number of nitrogens with two attached hydrogens (primary N) is 1. The van der Waals surface area contributed by atoms with Crippen molar-refractivity contribution in [3.05, 3.63) is 64.7 Å². The topological polar surface area (TPSA) is 118 Å². The Balaban J connectivity index is 1.22. The molecule has 0 bridgehead atoms. The van der Waals surface area contributed by atoms with E-state index in [4.69, 9.17) is 17.3 Å². The summed E-state index contributed by atoms with van der Waals surface area (Å²) in [4.78, 5) is 25.8. The van der Waals surface area contributed by atoms with E-state index in [0.717, 1.165) is 16.5 Å². The van der Waals surface area contributed by atoms with Crippen molar-refractivity contribution >= 4 is 40.2 Å². The number of amides is 1. The first-order valence-electron chi connectivity index (χ1n) is 10.6. The second-order valence-corrected chi connectivity index (χ2v) is 8.64. The maximum atomic E-state index is 13.4. The lowest BCUT2D eigenvalue weighted by Gasteiger charge is -2.17. The van der Waals surface area contributed by atoms with Crippen LogP contribution < -0.4 is 16.0 Å². The summed E-state index contributed by atoms with van der Waals surface area (Å²) in [5, 5.41) is 8.35. The Kier molecular flexibility index (Phi) is 5.56. The molecule has 12 heteroatoms. The average Bonchev–Trinajstić information content (AvgIpc) is 3.49. The van der Waals surface area contributed by atoms with Crippen LogP contribution in [-0.2, 0) is 13.1 Å². The van der Waals surface area contributed by atoms with Gasteiger partial charge in [-0.1, -0.05) is 17.7 Å². The SMILES string of the molecule is Nc1nn(Cc2ccc(N3CCC(F)(F)C3)nc2)cc1C(=O)NCc1cnc2[nH]cc(Cl)c2c1. The van der Waals surface area contributed by atoms with Crippen LogP contribution in [0, 0.1) is 0 Å². The van der Waals surface area contributed by atoms with Gasteiger partial charge in [-0.2, -0.15) is 5.10 Å². The van der Waals surface area contributed by atoms with Gasteiger partial charge in [-0.25, -0.2) is 18.7 Å². The number of aromatic amines is 1. The number of nitrogens with one attached hydrogen (secondary N) is 2. The highest BCUT2D eigenvalue weighted by Crippen LogP contribution is 2.29. The fourth-order valence-electron chi connectivity index (χ4n) is 3.90. The number of pyridine rings is 2. The molecule has 1 fully saturated rings. The molecule has 4 aromatic rings. The molecular formula is C22H21ClF2N8O. The molecule has 9 nitrogen and oxygen atoms in total. The van der Waals surface area contributed by atoms with Crippen LogP contribution in [0.1, 0.15) is 27.9 Å². The first kappa shape index (κ1) is 22.1. The monoisotopic (exact) mass is 486 g/mol. The third-order valence-electron chi connectivity index (χ3n) is 5.67. The molecular weight excluding hydrogens is 466 g/mol. The Hall–Kier alpha value is -3.73. The fraction of sp³-hybridized carbons (Fsp3) is 0.273. The molecule has 5 heterocycles. The minimum absolute atomic E-state index is 0.101. The van der Waals surface area contributed by atoms with Crippen LogP contribution in [0.2, 0.25) is 5.02 Å². The first-order valence-corrected chi connectivity index (χ1v) is 11.0.